The Balaban J connectivity index is 2.31. The molecule has 140 valence electrons. The van der Waals surface area contributed by atoms with E-state index in [2.05, 4.69) is 57.3 Å². The first-order chi connectivity index (χ1) is 12.4. The monoisotopic (exact) mass is 352 g/mol. The van der Waals surface area contributed by atoms with Gasteiger partial charge in [0.1, 0.15) is 0 Å². The summed E-state index contributed by atoms with van der Waals surface area (Å²) >= 11 is 0. The molecule has 0 radical (unpaired) electrons. The Bertz CT molecular complexity index is 695. The van der Waals surface area contributed by atoms with Gasteiger partial charge in [0, 0.05) is 7.05 Å². The standard InChI is InChI=1S/C23H32N2O/c1-6-22(4,19-15-11-9-12-16-19)25(5)21(26)24-23(7-2,8-3)20-17-13-10-14-18-20/h9-18H,6-8H2,1-5H3,(H,24,26). The molecule has 0 aliphatic rings. The number of nitrogens with one attached hydrogen (secondary N) is 1. The van der Waals surface area contributed by atoms with E-state index in [0.717, 1.165) is 30.4 Å². The van der Waals surface area contributed by atoms with Gasteiger partial charge in [-0.3, -0.25) is 0 Å². The Labute approximate surface area is 158 Å². The zero-order valence-electron chi connectivity index (χ0n) is 16.8. The second-order valence-electron chi connectivity index (χ2n) is 7.14. The van der Waals surface area contributed by atoms with Crippen molar-refractivity contribution in [2.45, 2.75) is 58.0 Å². The van der Waals surface area contributed by atoms with Gasteiger partial charge in [-0.2, -0.15) is 0 Å². The van der Waals surface area contributed by atoms with Crippen LogP contribution in [-0.2, 0) is 11.1 Å². The van der Waals surface area contributed by atoms with Crippen LogP contribution in [0.15, 0.2) is 60.7 Å². The van der Waals surface area contributed by atoms with E-state index in [4.69, 9.17) is 0 Å². The van der Waals surface area contributed by atoms with E-state index in [1.807, 2.05) is 48.3 Å². The summed E-state index contributed by atoms with van der Waals surface area (Å²) in [7, 11) is 1.90. The molecule has 0 aliphatic heterocycles. The minimum Gasteiger partial charge on any atom is -0.328 e. The zero-order chi connectivity index (χ0) is 19.2. The van der Waals surface area contributed by atoms with Crippen LogP contribution in [0.3, 0.4) is 0 Å². The van der Waals surface area contributed by atoms with E-state index >= 15 is 0 Å². The molecule has 0 aliphatic carbocycles. The van der Waals surface area contributed by atoms with Gasteiger partial charge in [-0.1, -0.05) is 81.4 Å². The van der Waals surface area contributed by atoms with Gasteiger partial charge in [-0.15, -0.1) is 0 Å². The SMILES string of the molecule is CCC(CC)(NC(=O)N(C)C(C)(CC)c1ccccc1)c1ccccc1. The number of carbonyl (C=O) groups is 1. The minimum atomic E-state index is -0.352. The van der Waals surface area contributed by atoms with Crippen molar-refractivity contribution < 1.29 is 4.79 Å². The molecule has 26 heavy (non-hydrogen) atoms. The van der Waals surface area contributed by atoms with Crippen LogP contribution in [0.5, 0.6) is 0 Å². The summed E-state index contributed by atoms with van der Waals surface area (Å²) in [5.41, 5.74) is 1.61. The van der Waals surface area contributed by atoms with Gasteiger partial charge in [0.2, 0.25) is 0 Å². The topological polar surface area (TPSA) is 32.3 Å². The number of hydrogen-bond donors (Lipinski definition) is 1. The normalized spacial score (nSPS) is 13.7. The molecule has 0 bridgehead atoms. The Kier molecular flexibility index (Phi) is 6.47. The van der Waals surface area contributed by atoms with E-state index in [9.17, 15) is 4.79 Å². The Hall–Kier alpha value is -2.29. The molecule has 3 nitrogen and oxygen atoms in total. The molecule has 0 heterocycles. The van der Waals surface area contributed by atoms with Crippen LogP contribution in [0.4, 0.5) is 4.79 Å². The number of nitrogens with zero attached hydrogens (tertiary/aromatic N) is 1. The molecular weight excluding hydrogens is 320 g/mol. The molecule has 1 unspecified atom stereocenters. The number of carbonyl (C=O) groups excluding carboxylic acids is 1. The molecule has 3 heteroatoms. The summed E-state index contributed by atoms with van der Waals surface area (Å²) in [6, 6.07) is 20.5. The third-order valence-corrected chi connectivity index (χ3v) is 6.01. The molecule has 2 rings (SSSR count). The molecule has 1 N–H and O–H groups in total. The summed E-state index contributed by atoms with van der Waals surface area (Å²) in [6.07, 6.45) is 2.54. The molecule has 0 aromatic heterocycles. The summed E-state index contributed by atoms with van der Waals surface area (Å²) in [5.74, 6) is 0. The van der Waals surface area contributed by atoms with Gasteiger partial charge in [0.15, 0.2) is 0 Å². The fourth-order valence-electron chi connectivity index (χ4n) is 3.61. The Morgan fingerprint density at radius 2 is 1.31 bits per heavy atom. The summed E-state index contributed by atoms with van der Waals surface area (Å²) < 4.78 is 0. The quantitative estimate of drug-likeness (QED) is 0.684. The van der Waals surface area contributed by atoms with Crippen LogP contribution in [0.1, 0.15) is 58.1 Å². The predicted molar refractivity (Wildman–Crippen MR) is 109 cm³/mol. The lowest BCUT2D eigenvalue weighted by molar-refractivity contribution is 0.128. The fraction of sp³-hybridized carbons (Fsp3) is 0.435. The first kappa shape index (κ1) is 20.0. The zero-order valence-corrected chi connectivity index (χ0v) is 16.8. The molecule has 2 aromatic rings. The summed E-state index contributed by atoms with van der Waals surface area (Å²) in [5, 5.41) is 3.34. The Morgan fingerprint density at radius 3 is 1.73 bits per heavy atom. The van der Waals surface area contributed by atoms with Gasteiger partial charge in [-0.05, 0) is 37.3 Å². The van der Waals surface area contributed by atoms with Crippen molar-refractivity contribution >= 4 is 6.03 Å². The van der Waals surface area contributed by atoms with Crippen molar-refractivity contribution in [2.75, 3.05) is 7.05 Å². The molecular formula is C23H32N2O. The number of hydrogen-bond acceptors (Lipinski definition) is 1. The number of amides is 2. The molecule has 2 amide bonds. The van der Waals surface area contributed by atoms with Gasteiger partial charge in [0.05, 0.1) is 11.1 Å². The van der Waals surface area contributed by atoms with Crippen LogP contribution in [0, 0.1) is 0 Å². The predicted octanol–water partition coefficient (Wildman–Crippen LogP) is 5.67. The lowest BCUT2D eigenvalue weighted by atomic mass is 9.84. The van der Waals surface area contributed by atoms with E-state index in [1.54, 1.807) is 0 Å². The highest BCUT2D eigenvalue weighted by atomic mass is 16.2. The van der Waals surface area contributed by atoms with Crippen LogP contribution in [0.25, 0.3) is 0 Å². The first-order valence-corrected chi connectivity index (χ1v) is 9.60. The van der Waals surface area contributed by atoms with Gasteiger partial charge in [-0.25, -0.2) is 4.79 Å². The van der Waals surface area contributed by atoms with E-state index in [-0.39, 0.29) is 17.1 Å². The average Bonchev–Trinajstić information content (AvgIpc) is 2.72. The van der Waals surface area contributed by atoms with Gasteiger partial charge in [0.25, 0.3) is 0 Å². The first-order valence-electron chi connectivity index (χ1n) is 9.60. The highest BCUT2D eigenvalue weighted by Gasteiger charge is 2.37. The molecule has 0 spiro atoms. The third kappa shape index (κ3) is 3.77. The van der Waals surface area contributed by atoms with Crippen molar-refractivity contribution in [1.82, 2.24) is 10.2 Å². The van der Waals surface area contributed by atoms with Crippen molar-refractivity contribution in [3.8, 4) is 0 Å². The average molecular weight is 353 g/mol. The maximum absolute atomic E-state index is 13.2. The summed E-state index contributed by atoms with van der Waals surface area (Å²) in [6.45, 7) is 8.52. The number of urea groups is 1. The minimum absolute atomic E-state index is 0.0363. The molecule has 0 fully saturated rings. The van der Waals surface area contributed by atoms with Crippen LogP contribution in [0.2, 0.25) is 0 Å². The van der Waals surface area contributed by atoms with Gasteiger partial charge < -0.3 is 10.2 Å². The van der Waals surface area contributed by atoms with E-state index in [0.29, 0.717) is 0 Å². The molecule has 2 aromatic carbocycles. The summed E-state index contributed by atoms with van der Waals surface area (Å²) in [4.78, 5) is 15.1. The second kappa shape index (κ2) is 8.39. The lowest BCUT2D eigenvalue weighted by Gasteiger charge is -2.42. The molecule has 0 saturated heterocycles. The third-order valence-electron chi connectivity index (χ3n) is 6.01. The van der Waals surface area contributed by atoms with E-state index in [1.165, 1.54) is 0 Å². The smallest absolute Gasteiger partial charge is 0.318 e. The van der Waals surface area contributed by atoms with Crippen molar-refractivity contribution in [3.05, 3.63) is 71.8 Å². The second-order valence-corrected chi connectivity index (χ2v) is 7.14. The molecule has 1 atom stereocenters. The van der Waals surface area contributed by atoms with Gasteiger partial charge >= 0.3 is 6.03 Å². The maximum Gasteiger partial charge on any atom is 0.318 e. The highest BCUT2D eigenvalue weighted by Crippen LogP contribution is 2.33. The van der Waals surface area contributed by atoms with Crippen LogP contribution < -0.4 is 5.32 Å². The number of benzene rings is 2. The Morgan fingerprint density at radius 1 is 0.846 bits per heavy atom. The lowest BCUT2D eigenvalue weighted by Crippen LogP contribution is -2.55. The highest BCUT2D eigenvalue weighted by molar-refractivity contribution is 5.76. The van der Waals surface area contributed by atoms with Crippen molar-refractivity contribution in [3.63, 3.8) is 0 Å². The van der Waals surface area contributed by atoms with E-state index < -0.39 is 0 Å². The number of rotatable bonds is 7. The fourth-order valence-corrected chi connectivity index (χ4v) is 3.61. The maximum atomic E-state index is 13.2. The molecule has 0 saturated carbocycles. The van der Waals surface area contributed by atoms with Crippen molar-refractivity contribution in [1.29, 1.82) is 0 Å². The van der Waals surface area contributed by atoms with Crippen LogP contribution >= 0.6 is 0 Å². The van der Waals surface area contributed by atoms with Crippen molar-refractivity contribution in [2.24, 2.45) is 0 Å². The largest absolute Gasteiger partial charge is 0.328 e. The van der Waals surface area contributed by atoms with Crippen LogP contribution in [-0.4, -0.2) is 18.0 Å².